The summed E-state index contributed by atoms with van der Waals surface area (Å²) in [4.78, 5) is 25.8. The zero-order chi connectivity index (χ0) is 17.1. The van der Waals surface area contributed by atoms with E-state index in [4.69, 9.17) is 4.89 Å². The molecule has 0 aliphatic carbocycles. The molecule has 0 aliphatic rings. The second-order valence-corrected chi connectivity index (χ2v) is 6.61. The van der Waals surface area contributed by atoms with Gasteiger partial charge < -0.3 is 4.89 Å². The molecule has 0 radical (unpaired) electrons. The summed E-state index contributed by atoms with van der Waals surface area (Å²) >= 11 is 0. The van der Waals surface area contributed by atoms with Gasteiger partial charge in [0.1, 0.15) is 0 Å². The number of hydrogen-bond donors (Lipinski definition) is 0. The summed E-state index contributed by atoms with van der Waals surface area (Å²) in [6, 6.07) is 6.83. The third-order valence-corrected chi connectivity index (χ3v) is 4.16. The maximum absolute atomic E-state index is 11.3. The molecular formula is C16H23NaO6S. The third kappa shape index (κ3) is 8.39. The van der Waals surface area contributed by atoms with Gasteiger partial charge in [-0.05, 0) is 28.8 Å². The Hall–Kier alpha value is -0.730. The van der Waals surface area contributed by atoms with E-state index in [1.165, 1.54) is 19.3 Å². The molecule has 0 aromatic heterocycles. The predicted octanol–water partition coefficient (Wildman–Crippen LogP) is 2.31. The fraction of sp³-hybridized carbons (Fsp3) is 0.500. The van der Waals surface area contributed by atoms with Gasteiger partial charge in [-0.2, -0.15) is 8.42 Å². The molecule has 24 heavy (non-hydrogen) atoms. The van der Waals surface area contributed by atoms with Gasteiger partial charge in [0, 0.05) is 0 Å². The third-order valence-electron chi connectivity index (χ3n) is 3.33. The Bertz CT molecular complexity index is 615. The van der Waals surface area contributed by atoms with Crippen LogP contribution in [0.3, 0.4) is 0 Å². The van der Waals surface area contributed by atoms with Crippen LogP contribution in [-0.4, -0.2) is 49.4 Å². The van der Waals surface area contributed by atoms with Gasteiger partial charge in [-0.15, -0.1) is 0 Å². The number of para-hydroxylation sites is 1. The van der Waals surface area contributed by atoms with Gasteiger partial charge in [0.15, 0.2) is 5.75 Å². The first kappa shape index (κ1) is 23.3. The van der Waals surface area contributed by atoms with Crippen molar-refractivity contribution in [3.63, 3.8) is 0 Å². The van der Waals surface area contributed by atoms with Gasteiger partial charge in [0.25, 0.3) is 0 Å². The number of aryl methyl sites for hydroxylation is 1. The van der Waals surface area contributed by atoms with Crippen LogP contribution in [0.2, 0.25) is 0 Å². The van der Waals surface area contributed by atoms with E-state index in [2.05, 4.69) is 11.3 Å². The van der Waals surface area contributed by atoms with Crippen LogP contribution in [0.4, 0.5) is 0 Å². The SMILES string of the molecule is CCCCCCCCc1ccccc1OOS(=O)(=O)C(=O)C=O.[NaH]. The Morgan fingerprint density at radius 2 is 1.71 bits per heavy atom. The average Bonchev–Trinajstić information content (AvgIpc) is 2.56. The second kappa shape index (κ2) is 12.6. The Morgan fingerprint density at radius 1 is 1.08 bits per heavy atom. The molecule has 0 spiro atoms. The number of aldehydes is 1. The minimum absolute atomic E-state index is 0. The fourth-order valence-corrected chi connectivity index (χ4v) is 2.41. The van der Waals surface area contributed by atoms with Gasteiger partial charge in [0.2, 0.25) is 6.29 Å². The maximum atomic E-state index is 11.3. The number of benzene rings is 1. The molecule has 8 heteroatoms. The Balaban J connectivity index is 0.00000529. The molecule has 6 nitrogen and oxygen atoms in total. The summed E-state index contributed by atoms with van der Waals surface area (Å²) in [7, 11) is -4.69. The van der Waals surface area contributed by atoms with Crippen LogP contribution in [0.5, 0.6) is 5.75 Å². The van der Waals surface area contributed by atoms with Crippen LogP contribution in [0, 0.1) is 0 Å². The van der Waals surface area contributed by atoms with Crippen LogP contribution < -0.4 is 4.89 Å². The molecule has 0 atom stereocenters. The number of carbonyl (C=O) groups is 2. The summed E-state index contributed by atoms with van der Waals surface area (Å²) in [5, 5.41) is -1.68. The number of rotatable bonds is 11. The van der Waals surface area contributed by atoms with Gasteiger partial charge >= 0.3 is 44.8 Å². The van der Waals surface area contributed by atoms with Crippen molar-refractivity contribution in [3.8, 4) is 5.75 Å². The van der Waals surface area contributed by atoms with Gasteiger partial charge in [0.05, 0.1) is 0 Å². The van der Waals surface area contributed by atoms with E-state index in [0.717, 1.165) is 24.8 Å². The molecule has 1 rings (SSSR count). The summed E-state index contributed by atoms with van der Waals surface area (Å²) in [5.74, 6) is 0.225. The van der Waals surface area contributed by atoms with Crippen molar-refractivity contribution in [2.24, 2.45) is 0 Å². The summed E-state index contributed by atoms with van der Waals surface area (Å²) in [6.45, 7) is 2.16. The quantitative estimate of drug-likeness (QED) is 0.149. The monoisotopic (exact) mass is 366 g/mol. The zero-order valence-electron chi connectivity index (χ0n) is 13.2. The van der Waals surface area contributed by atoms with Gasteiger partial charge in [-0.1, -0.05) is 57.2 Å². The number of unbranched alkanes of at least 4 members (excludes halogenated alkanes) is 5. The molecule has 1 aromatic carbocycles. The van der Waals surface area contributed by atoms with Crippen LogP contribution in [0.25, 0.3) is 0 Å². The molecule has 0 N–H and O–H groups in total. The molecule has 0 saturated carbocycles. The molecule has 130 valence electrons. The van der Waals surface area contributed by atoms with Crippen LogP contribution >= 0.6 is 0 Å². The fourth-order valence-electron chi connectivity index (χ4n) is 2.06. The van der Waals surface area contributed by atoms with E-state index >= 15 is 0 Å². The predicted molar refractivity (Wildman–Crippen MR) is 92.4 cm³/mol. The van der Waals surface area contributed by atoms with E-state index in [1.807, 2.05) is 6.07 Å². The number of hydrogen-bond acceptors (Lipinski definition) is 6. The van der Waals surface area contributed by atoms with Crippen molar-refractivity contribution < 1.29 is 27.2 Å². The Labute approximate surface area is 165 Å². The van der Waals surface area contributed by atoms with Crippen molar-refractivity contribution in [2.75, 3.05) is 0 Å². The molecule has 0 saturated heterocycles. The summed E-state index contributed by atoms with van der Waals surface area (Å²) in [6.07, 6.45) is 7.22. The molecule has 0 unspecified atom stereocenters. The molecule has 1 aromatic rings. The van der Waals surface area contributed by atoms with E-state index in [0.29, 0.717) is 6.42 Å². The second-order valence-electron chi connectivity index (χ2n) is 5.17. The Kier molecular flexibility index (Phi) is 12.2. The van der Waals surface area contributed by atoms with Crippen molar-refractivity contribution in [3.05, 3.63) is 29.8 Å². The van der Waals surface area contributed by atoms with E-state index in [9.17, 15) is 18.0 Å². The molecular weight excluding hydrogens is 343 g/mol. The van der Waals surface area contributed by atoms with E-state index < -0.39 is 15.2 Å². The van der Waals surface area contributed by atoms with Crippen LogP contribution in [-0.2, 0) is 30.5 Å². The molecule has 0 aliphatic heterocycles. The van der Waals surface area contributed by atoms with Gasteiger partial charge in [-0.25, -0.2) is 0 Å². The Morgan fingerprint density at radius 3 is 2.38 bits per heavy atom. The normalized spacial score (nSPS) is 10.7. The van der Waals surface area contributed by atoms with E-state index in [-0.39, 0.29) is 41.6 Å². The van der Waals surface area contributed by atoms with Crippen LogP contribution in [0.1, 0.15) is 51.0 Å². The van der Waals surface area contributed by atoms with Crippen molar-refractivity contribution >= 4 is 51.1 Å². The first-order valence-corrected chi connectivity index (χ1v) is 9.10. The average molecular weight is 366 g/mol. The van der Waals surface area contributed by atoms with Crippen molar-refractivity contribution in [2.45, 2.75) is 51.9 Å². The van der Waals surface area contributed by atoms with Crippen molar-refractivity contribution in [1.29, 1.82) is 0 Å². The van der Waals surface area contributed by atoms with Crippen LogP contribution in [0.15, 0.2) is 24.3 Å². The van der Waals surface area contributed by atoms with Crippen molar-refractivity contribution in [1.82, 2.24) is 0 Å². The topological polar surface area (TPSA) is 86.7 Å². The standard InChI is InChI=1S/C16H22O6S.Na.H/c1-2-3-4-5-6-7-10-14-11-8-9-12-15(14)21-22-23(19,20)16(18)13-17;;/h8-9,11-13H,2-7,10H2,1H3;;. The van der Waals surface area contributed by atoms with Gasteiger partial charge in [-0.3, -0.25) is 9.59 Å². The molecule has 0 heterocycles. The first-order chi connectivity index (χ1) is 11.0. The molecule has 0 fully saturated rings. The first-order valence-electron chi connectivity index (χ1n) is 7.69. The summed E-state index contributed by atoms with van der Waals surface area (Å²) < 4.78 is 26.7. The summed E-state index contributed by atoms with van der Waals surface area (Å²) in [5.41, 5.74) is 0.789. The van der Waals surface area contributed by atoms with E-state index in [1.54, 1.807) is 18.2 Å². The minimum atomic E-state index is -4.69. The number of carbonyl (C=O) groups excluding carboxylic acids is 2. The zero-order valence-corrected chi connectivity index (χ0v) is 14.0. The molecule has 0 bridgehead atoms. The molecule has 0 amide bonds.